The van der Waals surface area contributed by atoms with E-state index in [-0.39, 0.29) is 11.3 Å². The van der Waals surface area contributed by atoms with Crippen LogP contribution in [0.1, 0.15) is 34.1 Å². The lowest BCUT2D eigenvalue weighted by molar-refractivity contribution is -0.0944. The van der Waals surface area contributed by atoms with Crippen molar-refractivity contribution in [3.05, 3.63) is 30.1 Å². The maximum atomic E-state index is 12.9. The first kappa shape index (κ1) is 14.9. The maximum Gasteiger partial charge on any atom is 0.123 e. The van der Waals surface area contributed by atoms with Gasteiger partial charge in [0, 0.05) is 4.90 Å². The molecule has 0 aliphatic carbocycles. The van der Waals surface area contributed by atoms with Crippen molar-refractivity contribution in [2.75, 3.05) is 0 Å². The molecule has 1 aromatic carbocycles. The van der Waals surface area contributed by atoms with Crippen LogP contribution in [0.25, 0.3) is 0 Å². The fourth-order valence-electron chi connectivity index (χ4n) is 2.74. The third kappa shape index (κ3) is 3.32. The van der Waals surface area contributed by atoms with Crippen LogP contribution in [0.2, 0.25) is 0 Å². The lowest BCUT2D eigenvalue weighted by Crippen LogP contribution is -2.42. The zero-order chi connectivity index (χ0) is 14.0. The fourth-order valence-corrected chi connectivity index (χ4v) is 3.96. The molecule has 1 aliphatic heterocycles. The summed E-state index contributed by atoms with van der Waals surface area (Å²) >= 11 is 1.72. The first-order valence-corrected chi connectivity index (χ1v) is 7.98. The lowest BCUT2D eigenvalue weighted by atomic mass is 9.79. The van der Waals surface area contributed by atoms with Crippen molar-refractivity contribution < 1.29 is 9.13 Å². The summed E-state index contributed by atoms with van der Waals surface area (Å²) in [6.07, 6.45) is 1.39. The van der Waals surface area contributed by atoms with E-state index in [1.54, 1.807) is 11.8 Å². The zero-order valence-electron chi connectivity index (χ0n) is 12.1. The summed E-state index contributed by atoms with van der Waals surface area (Å²) in [6.45, 7) is 9.05. The minimum atomic E-state index is -0.185. The molecule has 1 aliphatic rings. The van der Waals surface area contributed by atoms with Crippen molar-refractivity contribution in [2.24, 2.45) is 17.8 Å². The number of thioether (sulfide) groups is 1. The van der Waals surface area contributed by atoms with Gasteiger partial charge in [-0.05, 0) is 48.4 Å². The van der Waals surface area contributed by atoms with E-state index in [2.05, 4.69) is 27.7 Å². The highest BCUT2D eigenvalue weighted by Crippen LogP contribution is 2.42. The minimum absolute atomic E-state index is 0.168. The molecule has 106 valence electrons. The summed E-state index contributed by atoms with van der Waals surface area (Å²) in [5, 5.41) is 0. The third-order valence-corrected chi connectivity index (χ3v) is 5.77. The predicted octanol–water partition coefficient (Wildman–Crippen LogP) is 4.96. The van der Waals surface area contributed by atoms with E-state index in [1.165, 1.54) is 12.1 Å². The normalized spacial score (nSPS) is 35.3. The van der Waals surface area contributed by atoms with Crippen LogP contribution in [0.5, 0.6) is 0 Å². The SMILES string of the molecule is CCC1O[C@@H](Sc2ccc(F)cc2)C(C)[C@@H](C)[C@@H]1C. The average molecular weight is 282 g/mol. The van der Waals surface area contributed by atoms with Gasteiger partial charge in [-0.1, -0.05) is 39.5 Å². The second-order valence-corrected chi connectivity index (χ2v) is 6.77. The molecule has 0 bridgehead atoms. The molecule has 1 fully saturated rings. The molecule has 3 heteroatoms. The van der Waals surface area contributed by atoms with Gasteiger partial charge < -0.3 is 4.74 Å². The molecule has 5 atom stereocenters. The van der Waals surface area contributed by atoms with E-state index in [1.807, 2.05) is 12.1 Å². The Hall–Kier alpha value is -0.540. The summed E-state index contributed by atoms with van der Waals surface area (Å²) in [7, 11) is 0. The van der Waals surface area contributed by atoms with Crippen molar-refractivity contribution in [1.82, 2.24) is 0 Å². The fraction of sp³-hybridized carbons (Fsp3) is 0.625. The molecular weight excluding hydrogens is 259 g/mol. The Bertz CT molecular complexity index is 404. The number of hydrogen-bond acceptors (Lipinski definition) is 2. The smallest absolute Gasteiger partial charge is 0.123 e. The molecule has 0 aromatic heterocycles. The number of ether oxygens (including phenoxy) is 1. The van der Waals surface area contributed by atoms with Crippen LogP contribution in [0.4, 0.5) is 4.39 Å². The van der Waals surface area contributed by atoms with Crippen molar-refractivity contribution >= 4 is 11.8 Å². The monoisotopic (exact) mass is 282 g/mol. The summed E-state index contributed by atoms with van der Waals surface area (Å²) in [6, 6.07) is 6.69. The summed E-state index contributed by atoms with van der Waals surface area (Å²) < 4.78 is 19.2. The van der Waals surface area contributed by atoms with Gasteiger partial charge in [-0.3, -0.25) is 0 Å². The van der Waals surface area contributed by atoms with Crippen LogP contribution in [-0.2, 0) is 4.74 Å². The molecule has 0 radical (unpaired) electrons. The highest BCUT2D eigenvalue weighted by atomic mass is 32.2. The first-order valence-electron chi connectivity index (χ1n) is 7.10. The Balaban J connectivity index is 2.08. The number of benzene rings is 1. The molecule has 0 spiro atoms. The number of rotatable bonds is 3. The molecule has 2 rings (SSSR count). The molecular formula is C16H23FOS. The molecule has 19 heavy (non-hydrogen) atoms. The molecule has 2 unspecified atom stereocenters. The summed E-state index contributed by atoms with van der Waals surface area (Å²) in [4.78, 5) is 1.08. The van der Waals surface area contributed by atoms with Crippen LogP contribution in [0, 0.1) is 23.6 Å². The van der Waals surface area contributed by atoms with E-state index < -0.39 is 0 Å². The molecule has 1 nitrogen and oxygen atoms in total. The number of hydrogen-bond donors (Lipinski definition) is 0. The van der Waals surface area contributed by atoms with Crippen LogP contribution in [0.3, 0.4) is 0 Å². The molecule has 0 saturated carbocycles. The van der Waals surface area contributed by atoms with Gasteiger partial charge >= 0.3 is 0 Å². The van der Waals surface area contributed by atoms with Gasteiger partial charge in [0.15, 0.2) is 0 Å². The highest BCUT2D eigenvalue weighted by molar-refractivity contribution is 7.99. The Kier molecular flexibility index (Phi) is 4.91. The van der Waals surface area contributed by atoms with Gasteiger partial charge in [-0.25, -0.2) is 4.39 Å². The van der Waals surface area contributed by atoms with Crippen LogP contribution >= 0.6 is 11.8 Å². The Morgan fingerprint density at radius 3 is 2.26 bits per heavy atom. The van der Waals surface area contributed by atoms with Gasteiger partial charge in [0.25, 0.3) is 0 Å². The quantitative estimate of drug-likeness (QED) is 0.775. The summed E-state index contributed by atoms with van der Waals surface area (Å²) in [5.41, 5.74) is 0.168. The Morgan fingerprint density at radius 2 is 1.68 bits per heavy atom. The van der Waals surface area contributed by atoms with E-state index >= 15 is 0 Å². The van der Waals surface area contributed by atoms with E-state index in [4.69, 9.17) is 4.74 Å². The molecule has 1 aromatic rings. The van der Waals surface area contributed by atoms with E-state index in [9.17, 15) is 4.39 Å². The Morgan fingerprint density at radius 1 is 1.05 bits per heavy atom. The highest BCUT2D eigenvalue weighted by Gasteiger charge is 2.38. The maximum absolute atomic E-state index is 12.9. The first-order chi connectivity index (χ1) is 9.02. The minimum Gasteiger partial charge on any atom is -0.363 e. The summed E-state index contributed by atoms with van der Waals surface area (Å²) in [5.74, 6) is 1.57. The molecule has 1 heterocycles. The zero-order valence-corrected chi connectivity index (χ0v) is 12.9. The molecule has 0 N–H and O–H groups in total. The predicted molar refractivity (Wildman–Crippen MR) is 78.7 cm³/mol. The largest absolute Gasteiger partial charge is 0.363 e. The van der Waals surface area contributed by atoms with Crippen molar-refractivity contribution in [2.45, 2.75) is 50.6 Å². The van der Waals surface area contributed by atoms with E-state index in [0.717, 1.165) is 11.3 Å². The topological polar surface area (TPSA) is 9.23 Å². The van der Waals surface area contributed by atoms with Gasteiger partial charge in [0.2, 0.25) is 0 Å². The average Bonchev–Trinajstić information content (AvgIpc) is 2.42. The molecule has 0 amide bonds. The second-order valence-electron chi connectivity index (χ2n) is 5.60. The van der Waals surface area contributed by atoms with Crippen molar-refractivity contribution in [3.63, 3.8) is 0 Å². The lowest BCUT2D eigenvalue weighted by Gasteiger charge is -2.43. The third-order valence-electron chi connectivity index (χ3n) is 4.45. The van der Waals surface area contributed by atoms with Crippen LogP contribution in [0.15, 0.2) is 29.2 Å². The van der Waals surface area contributed by atoms with Gasteiger partial charge in [0.1, 0.15) is 11.3 Å². The van der Waals surface area contributed by atoms with Crippen molar-refractivity contribution in [1.29, 1.82) is 0 Å². The van der Waals surface area contributed by atoms with Crippen LogP contribution < -0.4 is 0 Å². The van der Waals surface area contributed by atoms with Gasteiger partial charge in [-0.15, -0.1) is 0 Å². The second kappa shape index (κ2) is 6.27. The standard InChI is InChI=1S/C16H23FOS/c1-5-15-11(3)10(2)12(4)16(18-15)19-14-8-6-13(17)7-9-14/h6-12,15-16H,5H2,1-4H3/t10-,11-,12?,15?,16-/m0/s1. The Labute approximate surface area is 119 Å². The van der Waals surface area contributed by atoms with Crippen LogP contribution in [-0.4, -0.2) is 11.5 Å². The van der Waals surface area contributed by atoms with Crippen molar-refractivity contribution in [3.8, 4) is 0 Å². The van der Waals surface area contributed by atoms with Gasteiger partial charge in [0.05, 0.1) is 6.10 Å². The van der Waals surface area contributed by atoms with Gasteiger partial charge in [-0.2, -0.15) is 0 Å². The van der Waals surface area contributed by atoms with E-state index in [0.29, 0.717) is 23.9 Å². The number of halogens is 1. The molecule has 1 saturated heterocycles.